The van der Waals surface area contributed by atoms with E-state index < -0.39 is 0 Å². The van der Waals surface area contributed by atoms with Crippen LogP contribution in [0, 0.1) is 5.82 Å². The summed E-state index contributed by atoms with van der Waals surface area (Å²) in [7, 11) is 3.73. The highest BCUT2D eigenvalue weighted by Crippen LogP contribution is 2.37. The molecule has 0 atom stereocenters. The average molecular weight is 429 g/mol. The van der Waals surface area contributed by atoms with Crippen molar-refractivity contribution in [1.82, 2.24) is 19.9 Å². The molecule has 0 amide bonds. The van der Waals surface area contributed by atoms with E-state index in [1.54, 1.807) is 31.6 Å². The number of aromatic nitrogens is 3. The number of rotatable bonds is 4. The van der Waals surface area contributed by atoms with Gasteiger partial charge in [0.1, 0.15) is 22.9 Å². The highest BCUT2D eigenvalue weighted by atomic mass is 19.1. The van der Waals surface area contributed by atoms with Gasteiger partial charge >= 0.3 is 0 Å². The van der Waals surface area contributed by atoms with Crippen LogP contribution in [0.2, 0.25) is 0 Å². The minimum atomic E-state index is -0.275. The average Bonchev–Trinajstić information content (AvgIpc) is 2.84. The maximum absolute atomic E-state index is 14.6. The third-order valence-corrected chi connectivity index (χ3v) is 5.87. The minimum absolute atomic E-state index is 0.275. The molecule has 4 aromatic rings. The first kappa shape index (κ1) is 20.3. The number of likely N-dealkylation sites (N-methyl/N-ethyl adjacent to an activating group) is 1. The fourth-order valence-electron chi connectivity index (χ4n) is 4.07. The van der Waals surface area contributed by atoms with Gasteiger partial charge in [0.25, 0.3) is 0 Å². The van der Waals surface area contributed by atoms with Crippen molar-refractivity contribution in [2.45, 2.75) is 0 Å². The van der Waals surface area contributed by atoms with Gasteiger partial charge in [0.15, 0.2) is 5.82 Å². The Labute approximate surface area is 186 Å². The van der Waals surface area contributed by atoms with Crippen molar-refractivity contribution in [1.29, 1.82) is 0 Å². The highest BCUT2D eigenvalue weighted by Gasteiger charge is 2.22. The number of piperazine rings is 1. The molecule has 0 bridgehead atoms. The molecule has 0 N–H and O–H groups in total. The third kappa shape index (κ3) is 3.76. The molecule has 2 aromatic heterocycles. The van der Waals surface area contributed by atoms with Crippen molar-refractivity contribution in [3.8, 4) is 28.3 Å². The van der Waals surface area contributed by atoms with Crippen molar-refractivity contribution in [2.24, 2.45) is 0 Å². The topological polar surface area (TPSA) is 54.4 Å². The molecule has 0 saturated carbocycles. The fourth-order valence-corrected chi connectivity index (χ4v) is 4.07. The molecule has 0 spiro atoms. The summed E-state index contributed by atoms with van der Waals surface area (Å²) in [6.45, 7) is 3.58. The third-order valence-electron chi connectivity index (χ3n) is 5.87. The maximum atomic E-state index is 14.6. The van der Waals surface area contributed by atoms with Crippen molar-refractivity contribution < 1.29 is 9.13 Å². The van der Waals surface area contributed by atoms with Crippen molar-refractivity contribution >= 4 is 16.7 Å². The molecular weight excluding hydrogens is 405 g/mol. The Balaban J connectivity index is 1.76. The first-order valence-electron chi connectivity index (χ1n) is 10.6. The highest BCUT2D eigenvalue weighted by molar-refractivity contribution is 5.98. The number of hydrogen-bond donors (Lipinski definition) is 0. The molecular formula is C25H24FN5O. The Hall–Kier alpha value is -3.58. The van der Waals surface area contributed by atoms with Crippen LogP contribution in [0.15, 0.2) is 60.9 Å². The van der Waals surface area contributed by atoms with Crippen LogP contribution in [0.25, 0.3) is 33.4 Å². The Bertz CT molecular complexity index is 1260. The summed E-state index contributed by atoms with van der Waals surface area (Å²) in [5.74, 6) is 1.74. The second-order valence-electron chi connectivity index (χ2n) is 7.96. The zero-order valence-electron chi connectivity index (χ0n) is 18.1. The Morgan fingerprint density at radius 3 is 2.47 bits per heavy atom. The molecule has 5 rings (SSSR count). The normalized spacial score (nSPS) is 14.7. The molecule has 6 nitrogen and oxygen atoms in total. The lowest BCUT2D eigenvalue weighted by Crippen LogP contribution is -2.45. The number of pyridine rings is 1. The number of nitrogens with zero attached hydrogens (tertiary/aromatic N) is 5. The standard InChI is InChI=1S/C25H24FN5O/c1-30-10-12-31(13-11-30)25-20-14-18(19-7-3-4-8-21(19)26)15-22(32-2)23(20)28-24(29-25)17-6-5-9-27-16-17/h3-9,14-16H,10-13H2,1-2H3. The van der Waals surface area contributed by atoms with E-state index in [9.17, 15) is 4.39 Å². The van der Waals surface area contributed by atoms with Crippen LogP contribution < -0.4 is 9.64 Å². The lowest BCUT2D eigenvalue weighted by Gasteiger charge is -2.34. The lowest BCUT2D eigenvalue weighted by molar-refractivity contribution is 0.312. The Morgan fingerprint density at radius 1 is 0.938 bits per heavy atom. The van der Waals surface area contributed by atoms with Crippen LogP contribution in [-0.2, 0) is 0 Å². The zero-order chi connectivity index (χ0) is 22.1. The number of methoxy groups -OCH3 is 1. The zero-order valence-corrected chi connectivity index (χ0v) is 18.1. The van der Waals surface area contributed by atoms with Crippen LogP contribution in [-0.4, -0.2) is 60.2 Å². The molecule has 0 unspecified atom stereocenters. The van der Waals surface area contributed by atoms with E-state index in [0.717, 1.165) is 48.5 Å². The SMILES string of the molecule is COc1cc(-c2ccccc2F)cc2c(N3CCN(C)CC3)nc(-c3cccnc3)nc12. The summed E-state index contributed by atoms with van der Waals surface area (Å²) >= 11 is 0. The molecule has 7 heteroatoms. The van der Waals surface area contributed by atoms with E-state index in [4.69, 9.17) is 14.7 Å². The van der Waals surface area contributed by atoms with Crippen molar-refractivity contribution in [3.63, 3.8) is 0 Å². The van der Waals surface area contributed by atoms with E-state index >= 15 is 0 Å². The van der Waals surface area contributed by atoms with E-state index in [1.165, 1.54) is 6.07 Å². The predicted octanol–water partition coefficient (Wildman–Crippen LogP) is 4.26. The van der Waals surface area contributed by atoms with Crippen molar-refractivity contribution in [3.05, 3.63) is 66.7 Å². The van der Waals surface area contributed by atoms with E-state index in [-0.39, 0.29) is 5.82 Å². The van der Waals surface area contributed by atoms with Gasteiger partial charge < -0.3 is 14.5 Å². The summed E-state index contributed by atoms with van der Waals surface area (Å²) in [6.07, 6.45) is 3.49. The Morgan fingerprint density at radius 2 is 1.75 bits per heavy atom. The van der Waals surface area contributed by atoms with Gasteiger partial charge in [-0.1, -0.05) is 18.2 Å². The molecule has 1 fully saturated rings. The number of hydrogen-bond acceptors (Lipinski definition) is 6. The summed E-state index contributed by atoms with van der Waals surface area (Å²) in [6, 6.07) is 14.4. The minimum Gasteiger partial charge on any atom is -0.494 e. The quantitative estimate of drug-likeness (QED) is 0.483. The van der Waals surface area contributed by atoms with Gasteiger partial charge in [0, 0.05) is 55.1 Å². The number of halogens is 1. The largest absolute Gasteiger partial charge is 0.494 e. The summed E-state index contributed by atoms with van der Waals surface area (Å²) in [5, 5.41) is 0.847. The first-order chi connectivity index (χ1) is 15.6. The van der Waals surface area contributed by atoms with Gasteiger partial charge in [-0.3, -0.25) is 4.98 Å². The van der Waals surface area contributed by atoms with E-state index in [1.807, 2.05) is 30.3 Å². The van der Waals surface area contributed by atoms with Crippen LogP contribution in [0.1, 0.15) is 0 Å². The first-order valence-corrected chi connectivity index (χ1v) is 10.6. The summed E-state index contributed by atoms with van der Waals surface area (Å²) in [5.41, 5.74) is 2.80. The van der Waals surface area contributed by atoms with Crippen LogP contribution in [0.5, 0.6) is 5.75 Å². The number of fused-ring (bicyclic) bond motifs is 1. The van der Waals surface area contributed by atoms with Crippen LogP contribution in [0.4, 0.5) is 10.2 Å². The van der Waals surface area contributed by atoms with E-state index in [0.29, 0.717) is 22.7 Å². The molecule has 1 aliphatic rings. The lowest BCUT2D eigenvalue weighted by atomic mass is 10.0. The summed E-state index contributed by atoms with van der Waals surface area (Å²) in [4.78, 5) is 18.6. The molecule has 1 aliphatic heterocycles. The number of anilines is 1. The van der Waals surface area contributed by atoms with Gasteiger partial charge in [0.2, 0.25) is 0 Å². The molecule has 3 heterocycles. The fraction of sp³-hybridized carbons (Fsp3) is 0.240. The van der Waals surface area contributed by atoms with E-state index in [2.05, 4.69) is 21.8 Å². The second-order valence-corrected chi connectivity index (χ2v) is 7.96. The van der Waals surface area contributed by atoms with Crippen LogP contribution >= 0.6 is 0 Å². The maximum Gasteiger partial charge on any atom is 0.163 e. The number of benzene rings is 2. The molecule has 0 radical (unpaired) electrons. The Kier molecular flexibility index (Phi) is 5.41. The smallest absolute Gasteiger partial charge is 0.163 e. The van der Waals surface area contributed by atoms with Gasteiger partial charge in [-0.05, 0) is 42.9 Å². The van der Waals surface area contributed by atoms with Gasteiger partial charge in [-0.2, -0.15) is 0 Å². The number of ether oxygens (including phenoxy) is 1. The second kappa shape index (κ2) is 8.51. The molecule has 162 valence electrons. The van der Waals surface area contributed by atoms with Gasteiger partial charge in [-0.15, -0.1) is 0 Å². The van der Waals surface area contributed by atoms with Gasteiger partial charge in [-0.25, -0.2) is 14.4 Å². The molecule has 1 saturated heterocycles. The monoisotopic (exact) mass is 429 g/mol. The van der Waals surface area contributed by atoms with Gasteiger partial charge in [0.05, 0.1) is 7.11 Å². The summed E-state index contributed by atoms with van der Waals surface area (Å²) < 4.78 is 20.3. The van der Waals surface area contributed by atoms with Crippen molar-refractivity contribution in [2.75, 3.05) is 45.2 Å². The predicted molar refractivity (Wildman–Crippen MR) is 124 cm³/mol. The molecule has 2 aromatic carbocycles. The molecule has 0 aliphatic carbocycles. The molecule has 32 heavy (non-hydrogen) atoms. The van der Waals surface area contributed by atoms with Crippen LogP contribution in [0.3, 0.4) is 0 Å².